The second kappa shape index (κ2) is 13.9. The Hall–Kier alpha value is -7.16. The number of hydrogen-bond donors (Lipinski definition) is 0. The fourth-order valence-electron chi connectivity index (χ4n) is 8.56. The van der Waals surface area contributed by atoms with Gasteiger partial charge in [-0.15, -0.1) is 0 Å². The van der Waals surface area contributed by atoms with Gasteiger partial charge in [-0.25, -0.2) is 0 Å². The summed E-state index contributed by atoms with van der Waals surface area (Å²) in [5.74, 6) is 0. The molecule has 0 fully saturated rings. The van der Waals surface area contributed by atoms with Crippen LogP contribution < -0.4 is 9.80 Å². The van der Waals surface area contributed by atoms with Crippen molar-refractivity contribution >= 4 is 66.4 Å². The maximum absolute atomic E-state index is 2.44. The molecule has 10 rings (SSSR count). The van der Waals surface area contributed by atoms with E-state index in [0.29, 0.717) is 0 Å². The van der Waals surface area contributed by atoms with Gasteiger partial charge in [-0.3, -0.25) is 0 Å². The SMILES string of the molecule is Cc1cc(-c2ccccc2)ccc1N(c1ccccc1)c1ccc2ccc3c(N(c4ccccc4)c4ccc(-c5ccccc5)cc4C)ccc4ccc1c2c43. The van der Waals surface area contributed by atoms with Crippen molar-refractivity contribution in [1.29, 1.82) is 0 Å². The van der Waals surface area contributed by atoms with E-state index in [9.17, 15) is 0 Å². The minimum atomic E-state index is 1.13. The molecule has 2 nitrogen and oxygen atoms in total. The quantitative estimate of drug-likeness (QED) is 0.144. The smallest absolute Gasteiger partial charge is 0.0540 e. The van der Waals surface area contributed by atoms with Crippen LogP contribution in [0.2, 0.25) is 0 Å². The van der Waals surface area contributed by atoms with E-state index < -0.39 is 0 Å². The Balaban J connectivity index is 1.18. The molecule has 0 aliphatic carbocycles. The third-order valence-corrected chi connectivity index (χ3v) is 11.2. The highest BCUT2D eigenvalue weighted by Gasteiger charge is 2.23. The summed E-state index contributed by atoms with van der Waals surface area (Å²) in [5.41, 5.74) is 14.2. The van der Waals surface area contributed by atoms with Crippen molar-refractivity contribution in [2.24, 2.45) is 0 Å². The van der Waals surface area contributed by atoms with Crippen LogP contribution in [0.15, 0.2) is 206 Å². The molecule has 0 radical (unpaired) electrons. The van der Waals surface area contributed by atoms with Gasteiger partial charge < -0.3 is 9.80 Å². The van der Waals surface area contributed by atoms with Gasteiger partial charge in [0.2, 0.25) is 0 Å². The van der Waals surface area contributed by atoms with Crippen LogP contribution in [0.5, 0.6) is 0 Å². The van der Waals surface area contributed by atoms with Gasteiger partial charge in [0.05, 0.1) is 11.4 Å². The average Bonchev–Trinajstić information content (AvgIpc) is 3.26. The maximum atomic E-state index is 2.44. The van der Waals surface area contributed by atoms with Crippen molar-refractivity contribution in [2.75, 3.05) is 9.80 Å². The zero-order chi connectivity index (χ0) is 37.6. The zero-order valence-corrected chi connectivity index (χ0v) is 31.5. The summed E-state index contributed by atoms with van der Waals surface area (Å²) in [6, 6.07) is 75.0. The molecule has 2 heteroatoms. The molecule has 0 atom stereocenters. The Kier molecular flexibility index (Phi) is 8.30. The van der Waals surface area contributed by atoms with Crippen molar-refractivity contribution in [3.05, 3.63) is 217 Å². The van der Waals surface area contributed by atoms with Gasteiger partial charge in [-0.2, -0.15) is 0 Å². The molecule has 0 aliphatic rings. The van der Waals surface area contributed by atoms with Crippen molar-refractivity contribution < 1.29 is 0 Å². The van der Waals surface area contributed by atoms with Crippen LogP contribution in [-0.4, -0.2) is 0 Å². The number of rotatable bonds is 8. The Labute approximate surface area is 328 Å². The highest BCUT2D eigenvalue weighted by molar-refractivity contribution is 6.28. The van der Waals surface area contributed by atoms with Gasteiger partial charge in [-0.05, 0) is 129 Å². The lowest BCUT2D eigenvalue weighted by molar-refractivity contribution is 1.26. The lowest BCUT2D eigenvalue weighted by atomic mass is 9.91. The van der Waals surface area contributed by atoms with Crippen molar-refractivity contribution in [3.8, 4) is 22.3 Å². The minimum Gasteiger partial charge on any atom is -0.310 e. The van der Waals surface area contributed by atoms with Crippen LogP contribution in [0, 0.1) is 13.8 Å². The molecule has 56 heavy (non-hydrogen) atoms. The molecule has 0 saturated carbocycles. The molecule has 0 aromatic heterocycles. The Morgan fingerprint density at radius 3 is 1.00 bits per heavy atom. The summed E-state index contributed by atoms with van der Waals surface area (Å²) >= 11 is 0. The lowest BCUT2D eigenvalue weighted by Gasteiger charge is -2.30. The number of benzene rings is 10. The van der Waals surface area contributed by atoms with Gasteiger partial charge in [0.25, 0.3) is 0 Å². The first-order chi connectivity index (χ1) is 27.6. The Morgan fingerprint density at radius 2 is 0.625 bits per heavy atom. The second-order valence-electron chi connectivity index (χ2n) is 14.7. The molecular formula is C54H40N2. The van der Waals surface area contributed by atoms with Crippen molar-refractivity contribution in [2.45, 2.75) is 13.8 Å². The first-order valence-corrected chi connectivity index (χ1v) is 19.4. The standard InChI is InChI=1S/C54H40N2/c1-37-35-43(39-15-7-3-8-16-39)27-31-49(37)55(45-19-11-5-12-20-45)51-33-25-41-24-30-48-52(34-26-42-23-29-47(51)53(41)54(42)48)56(46-21-13-6-14-22-46)50-32-28-44(36-38(50)2)40-17-9-4-10-18-40/h3-36H,1-2H3. The van der Waals surface area contributed by atoms with Gasteiger partial charge in [0, 0.05) is 33.5 Å². The lowest BCUT2D eigenvalue weighted by Crippen LogP contribution is -2.13. The first-order valence-electron chi connectivity index (χ1n) is 19.4. The van der Waals surface area contributed by atoms with Crippen LogP contribution in [0.4, 0.5) is 34.1 Å². The van der Waals surface area contributed by atoms with E-state index in [1.165, 1.54) is 65.7 Å². The molecule has 266 valence electrons. The molecule has 0 N–H and O–H groups in total. The van der Waals surface area contributed by atoms with Gasteiger partial charge in [0.1, 0.15) is 0 Å². The fraction of sp³-hybridized carbons (Fsp3) is 0.0370. The molecule has 0 aliphatic heterocycles. The Morgan fingerprint density at radius 1 is 0.286 bits per heavy atom. The molecule has 0 unspecified atom stereocenters. The first kappa shape index (κ1) is 33.4. The van der Waals surface area contributed by atoms with E-state index in [2.05, 4.69) is 230 Å². The number of nitrogens with zero attached hydrogens (tertiary/aromatic N) is 2. The largest absolute Gasteiger partial charge is 0.310 e. The van der Waals surface area contributed by atoms with Crippen LogP contribution in [-0.2, 0) is 0 Å². The minimum absolute atomic E-state index is 1.13. The number of aryl methyl sites for hydroxylation is 2. The van der Waals surface area contributed by atoms with Gasteiger partial charge >= 0.3 is 0 Å². The monoisotopic (exact) mass is 716 g/mol. The van der Waals surface area contributed by atoms with Gasteiger partial charge in [-0.1, -0.05) is 146 Å². The van der Waals surface area contributed by atoms with E-state index in [-0.39, 0.29) is 0 Å². The zero-order valence-electron chi connectivity index (χ0n) is 31.5. The second-order valence-corrected chi connectivity index (χ2v) is 14.7. The summed E-state index contributed by atoms with van der Waals surface area (Å²) in [4.78, 5) is 4.87. The van der Waals surface area contributed by atoms with Crippen molar-refractivity contribution in [3.63, 3.8) is 0 Å². The predicted octanol–water partition coefficient (Wildman–Crippen LogP) is 15.5. The summed E-state index contributed by atoms with van der Waals surface area (Å²) in [5, 5.41) is 7.48. The van der Waals surface area contributed by atoms with E-state index in [0.717, 1.165) is 34.1 Å². The predicted molar refractivity (Wildman–Crippen MR) is 240 cm³/mol. The average molecular weight is 717 g/mol. The summed E-state index contributed by atoms with van der Waals surface area (Å²) in [6.45, 7) is 4.46. The highest BCUT2D eigenvalue weighted by Crippen LogP contribution is 2.48. The summed E-state index contributed by atoms with van der Waals surface area (Å²) in [6.07, 6.45) is 0. The van der Waals surface area contributed by atoms with Crippen LogP contribution in [0.25, 0.3) is 54.6 Å². The van der Waals surface area contributed by atoms with Gasteiger partial charge in [0.15, 0.2) is 0 Å². The Bertz CT molecular complexity index is 2770. The van der Waals surface area contributed by atoms with E-state index >= 15 is 0 Å². The van der Waals surface area contributed by atoms with E-state index in [1.54, 1.807) is 0 Å². The van der Waals surface area contributed by atoms with Crippen molar-refractivity contribution in [1.82, 2.24) is 0 Å². The molecule has 0 spiro atoms. The number of anilines is 6. The molecule has 0 saturated heterocycles. The van der Waals surface area contributed by atoms with Crippen LogP contribution >= 0.6 is 0 Å². The number of para-hydroxylation sites is 2. The third-order valence-electron chi connectivity index (χ3n) is 11.2. The van der Waals surface area contributed by atoms with E-state index in [1.807, 2.05) is 0 Å². The molecule has 0 heterocycles. The topological polar surface area (TPSA) is 6.48 Å². The molecule has 0 amide bonds. The molecule has 10 aromatic carbocycles. The fourth-order valence-corrected chi connectivity index (χ4v) is 8.56. The van der Waals surface area contributed by atoms with Crippen LogP contribution in [0.3, 0.4) is 0 Å². The van der Waals surface area contributed by atoms with E-state index in [4.69, 9.17) is 0 Å². The highest BCUT2D eigenvalue weighted by atomic mass is 15.2. The number of hydrogen-bond acceptors (Lipinski definition) is 2. The third kappa shape index (κ3) is 5.75. The summed E-state index contributed by atoms with van der Waals surface area (Å²) < 4.78 is 0. The molecule has 10 aromatic rings. The van der Waals surface area contributed by atoms with Crippen LogP contribution in [0.1, 0.15) is 11.1 Å². The summed E-state index contributed by atoms with van der Waals surface area (Å²) in [7, 11) is 0. The molecule has 0 bridgehead atoms. The maximum Gasteiger partial charge on any atom is 0.0540 e. The molecular weight excluding hydrogens is 677 g/mol. The normalized spacial score (nSPS) is 11.4.